The Morgan fingerprint density at radius 1 is 1.22 bits per heavy atom. The zero-order chi connectivity index (χ0) is 26.0. The molecule has 2 heterocycles. The summed E-state index contributed by atoms with van der Waals surface area (Å²) in [5.41, 5.74) is 0.111. The number of hydrogen-bond acceptors (Lipinski definition) is 7. The predicted octanol–water partition coefficient (Wildman–Crippen LogP) is 3.86. The number of carboxylic acids is 1. The van der Waals surface area contributed by atoms with Crippen LogP contribution >= 0.6 is 22.9 Å². The molecular formula is C22H18ClF2N3O6S2. The zero-order valence-corrected chi connectivity index (χ0v) is 20.7. The fraction of sp³-hybridized carbons (Fsp3) is 0.227. The van der Waals surface area contributed by atoms with Crippen LogP contribution in [0.4, 0.5) is 13.9 Å². The molecule has 4 rings (SSSR count). The summed E-state index contributed by atoms with van der Waals surface area (Å²) < 4.78 is 60.3. The first-order valence-corrected chi connectivity index (χ1v) is 13.1. The van der Waals surface area contributed by atoms with Crippen molar-refractivity contribution >= 4 is 50.0 Å². The van der Waals surface area contributed by atoms with E-state index < -0.39 is 51.8 Å². The molecular weight excluding hydrogens is 540 g/mol. The second-order valence-electron chi connectivity index (χ2n) is 7.70. The van der Waals surface area contributed by atoms with Crippen LogP contribution in [-0.2, 0) is 26.0 Å². The molecule has 1 fully saturated rings. The van der Waals surface area contributed by atoms with Gasteiger partial charge in [-0.3, -0.25) is 14.9 Å². The Labute approximate surface area is 213 Å². The molecule has 190 valence electrons. The molecule has 0 radical (unpaired) electrons. The molecule has 9 nitrogen and oxygen atoms in total. The van der Waals surface area contributed by atoms with Gasteiger partial charge in [0, 0.05) is 24.7 Å². The smallest absolute Gasteiger partial charge is 0.309 e. The highest BCUT2D eigenvalue weighted by Crippen LogP contribution is 2.32. The van der Waals surface area contributed by atoms with E-state index in [0.717, 1.165) is 29.9 Å². The molecule has 1 amide bonds. The number of nitrogens with zero attached hydrogens (tertiary/aromatic N) is 2. The molecule has 0 bridgehead atoms. The van der Waals surface area contributed by atoms with Crippen LogP contribution in [0.1, 0.15) is 23.8 Å². The van der Waals surface area contributed by atoms with E-state index in [4.69, 9.17) is 21.4 Å². The summed E-state index contributed by atoms with van der Waals surface area (Å²) in [4.78, 5) is 28.1. The lowest BCUT2D eigenvalue weighted by Crippen LogP contribution is -2.41. The molecule has 2 N–H and O–H groups in total. The third-order valence-electron chi connectivity index (χ3n) is 5.19. The molecule has 1 aromatic heterocycles. The maximum atomic E-state index is 14.3. The maximum absolute atomic E-state index is 14.3. The highest BCUT2D eigenvalue weighted by atomic mass is 35.5. The Hall–Kier alpha value is -3.13. The topological polar surface area (TPSA) is 126 Å². The first-order valence-electron chi connectivity index (χ1n) is 10.4. The zero-order valence-electron chi connectivity index (χ0n) is 18.3. The number of hydrogen-bond donors (Lipinski definition) is 2. The molecule has 3 aromatic rings. The predicted molar refractivity (Wildman–Crippen MR) is 127 cm³/mol. The third-order valence-corrected chi connectivity index (χ3v) is 8.33. The van der Waals surface area contributed by atoms with Gasteiger partial charge in [-0.25, -0.2) is 22.2 Å². The van der Waals surface area contributed by atoms with Crippen LogP contribution < -0.4 is 10.1 Å². The van der Waals surface area contributed by atoms with Gasteiger partial charge in [0.15, 0.2) is 16.7 Å². The van der Waals surface area contributed by atoms with Crippen LogP contribution in [-0.4, -0.2) is 47.8 Å². The van der Waals surface area contributed by atoms with E-state index in [2.05, 4.69) is 10.3 Å². The normalized spacial score (nSPS) is 14.6. The first-order chi connectivity index (χ1) is 17.0. The lowest BCUT2D eigenvalue weighted by Gasteiger charge is -2.30. The van der Waals surface area contributed by atoms with Crippen LogP contribution in [0, 0.1) is 11.6 Å². The van der Waals surface area contributed by atoms with E-state index in [1.165, 1.54) is 28.6 Å². The number of nitrogens with one attached hydrogen (secondary N) is 1. The Bertz CT molecular complexity index is 1430. The molecule has 2 aromatic carbocycles. The van der Waals surface area contributed by atoms with Crippen molar-refractivity contribution in [2.45, 2.75) is 23.8 Å². The summed E-state index contributed by atoms with van der Waals surface area (Å²) in [6.45, 7) is 0.745. The van der Waals surface area contributed by atoms with Gasteiger partial charge < -0.3 is 9.84 Å². The molecule has 14 heteroatoms. The van der Waals surface area contributed by atoms with Crippen molar-refractivity contribution < 1.29 is 36.6 Å². The molecule has 1 atom stereocenters. The number of halogens is 3. The maximum Gasteiger partial charge on any atom is 0.309 e. The Morgan fingerprint density at radius 3 is 2.61 bits per heavy atom. The average Bonchev–Trinajstić information content (AvgIpc) is 3.09. The molecule has 1 aliphatic rings. The summed E-state index contributed by atoms with van der Waals surface area (Å²) in [6, 6.07) is 7.96. The Balaban J connectivity index is 1.68. The van der Waals surface area contributed by atoms with Crippen LogP contribution in [0.15, 0.2) is 47.4 Å². The lowest BCUT2D eigenvalue weighted by molar-refractivity contribution is -0.136. The second kappa shape index (κ2) is 10.5. The van der Waals surface area contributed by atoms with Crippen molar-refractivity contribution in [3.05, 3.63) is 69.7 Å². The summed E-state index contributed by atoms with van der Waals surface area (Å²) in [7, 11) is -3.80. The number of aliphatic carboxylic acids is 1. The number of amides is 1. The number of carbonyl (C=O) groups is 2. The monoisotopic (exact) mass is 557 g/mol. The minimum atomic E-state index is -3.80. The Morgan fingerprint density at radius 2 is 1.97 bits per heavy atom. The van der Waals surface area contributed by atoms with Crippen LogP contribution in [0.3, 0.4) is 0 Å². The summed E-state index contributed by atoms with van der Waals surface area (Å²) in [6.07, 6.45) is -1.32. The van der Waals surface area contributed by atoms with Gasteiger partial charge >= 0.3 is 5.97 Å². The second-order valence-corrected chi connectivity index (χ2v) is 11.2. The van der Waals surface area contributed by atoms with Gasteiger partial charge in [0.05, 0.1) is 17.0 Å². The quantitative estimate of drug-likeness (QED) is 0.409. The van der Waals surface area contributed by atoms with Crippen molar-refractivity contribution in [3.8, 4) is 5.75 Å². The number of anilines is 1. The molecule has 0 spiro atoms. The van der Waals surface area contributed by atoms with E-state index in [-0.39, 0.29) is 25.6 Å². The largest absolute Gasteiger partial charge is 0.481 e. The van der Waals surface area contributed by atoms with Gasteiger partial charge in [-0.05, 0) is 30.7 Å². The molecule has 0 aliphatic carbocycles. The average molecular weight is 558 g/mol. The molecule has 1 saturated heterocycles. The van der Waals surface area contributed by atoms with Gasteiger partial charge in [0.1, 0.15) is 10.2 Å². The molecule has 0 saturated carbocycles. The number of carboxylic acid groups (broad SMARTS) is 1. The van der Waals surface area contributed by atoms with Gasteiger partial charge in [-0.1, -0.05) is 35.1 Å². The number of thiazole rings is 1. The van der Waals surface area contributed by atoms with Gasteiger partial charge in [-0.15, -0.1) is 0 Å². The Kier molecular flexibility index (Phi) is 7.54. The van der Waals surface area contributed by atoms with Gasteiger partial charge in [0.25, 0.3) is 5.91 Å². The van der Waals surface area contributed by atoms with Crippen molar-refractivity contribution in [1.29, 1.82) is 0 Å². The fourth-order valence-corrected chi connectivity index (χ4v) is 5.91. The van der Waals surface area contributed by atoms with Crippen molar-refractivity contribution in [1.82, 2.24) is 9.29 Å². The lowest BCUT2D eigenvalue weighted by atomic mass is 10.1. The molecule has 1 unspecified atom stereocenters. The number of rotatable bonds is 9. The van der Waals surface area contributed by atoms with Crippen molar-refractivity contribution in [2.75, 3.05) is 18.4 Å². The summed E-state index contributed by atoms with van der Waals surface area (Å²) >= 11 is 6.82. The van der Waals surface area contributed by atoms with Gasteiger partial charge in [0.2, 0.25) is 16.1 Å². The molecule has 36 heavy (non-hydrogen) atoms. The van der Waals surface area contributed by atoms with Crippen molar-refractivity contribution in [3.63, 3.8) is 0 Å². The third kappa shape index (κ3) is 5.64. The number of sulfonamides is 1. The van der Waals surface area contributed by atoms with E-state index >= 15 is 0 Å². The fourth-order valence-electron chi connectivity index (χ4n) is 3.30. The highest BCUT2D eigenvalue weighted by Gasteiger charge is 2.32. The van der Waals surface area contributed by atoms with E-state index in [1.54, 1.807) is 0 Å². The minimum Gasteiger partial charge on any atom is -0.481 e. The summed E-state index contributed by atoms with van der Waals surface area (Å²) in [5.74, 6) is -4.42. The number of aromatic nitrogens is 1. The SMILES string of the molecule is O=C(O)Cc1nc(NC(=O)C(Oc2ccc(F)cc2F)c2cccc(S(=O)(=O)N3CCC3)c2)sc1Cl. The highest BCUT2D eigenvalue weighted by molar-refractivity contribution is 7.89. The number of ether oxygens (including phenoxy) is 1. The first kappa shape index (κ1) is 25.9. The van der Waals surface area contributed by atoms with E-state index in [0.29, 0.717) is 19.2 Å². The number of benzene rings is 2. The van der Waals surface area contributed by atoms with Crippen LogP contribution in [0.25, 0.3) is 0 Å². The minimum absolute atomic E-state index is 0.0363. The van der Waals surface area contributed by atoms with Gasteiger partial charge in [-0.2, -0.15) is 4.31 Å². The summed E-state index contributed by atoms with van der Waals surface area (Å²) in [5, 5.41) is 11.4. The molecule has 1 aliphatic heterocycles. The standard InChI is InChI=1S/C22H18ClF2N3O6S2/c23-20-16(11-18(29)30)26-22(35-20)27-21(31)19(34-17-6-5-13(24)10-15(17)25)12-3-1-4-14(9-12)36(32,33)28-7-2-8-28/h1,3-6,9-10,19H,2,7-8,11H2,(H,29,30)(H,26,27,31). The van der Waals surface area contributed by atoms with Crippen LogP contribution in [0.5, 0.6) is 5.75 Å². The van der Waals surface area contributed by atoms with Crippen molar-refractivity contribution in [2.24, 2.45) is 0 Å². The van der Waals surface area contributed by atoms with E-state index in [9.17, 15) is 26.8 Å². The van der Waals surface area contributed by atoms with E-state index in [1.807, 2.05) is 0 Å². The number of carbonyl (C=O) groups excluding carboxylic acids is 1. The van der Waals surface area contributed by atoms with Crippen LogP contribution in [0.2, 0.25) is 4.34 Å².